The third-order valence-corrected chi connectivity index (χ3v) is 3.28. The number of primary amides is 1. The Hall–Kier alpha value is -2.05. The SMILES string of the molecule is C=CCN(CC(=O)O)C(=O)N(CC(N)=O)C1CCCC1. The fourth-order valence-corrected chi connectivity index (χ4v) is 2.45. The fourth-order valence-electron chi connectivity index (χ4n) is 2.45. The molecule has 0 aromatic heterocycles. The van der Waals surface area contributed by atoms with E-state index in [9.17, 15) is 14.4 Å². The third kappa shape index (κ3) is 4.56. The number of carbonyl (C=O) groups is 3. The minimum absolute atomic E-state index is 0.0453. The first kappa shape index (κ1) is 16.0. The molecule has 0 heterocycles. The van der Waals surface area contributed by atoms with Crippen LogP contribution in [0.25, 0.3) is 0 Å². The number of amides is 3. The van der Waals surface area contributed by atoms with E-state index in [1.165, 1.54) is 11.0 Å². The Balaban J connectivity index is 2.84. The van der Waals surface area contributed by atoms with Gasteiger partial charge in [-0.25, -0.2) is 4.79 Å². The molecule has 0 bridgehead atoms. The van der Waals surface area contributed by atoms with Crippen molar-refractivity contribution >= 4 is 17.9 Å². The Bertz CT molecular complexity index is 391. The van der Waals surface area contributed by atoms with E-state index in [2.05, 4.69) is 6.58 Å². The number of carbonyl (C=O) groups excluding carboxylic acids is 2. The maximum absolute atomic E-state index is 12.4. The monoisotopic (exact) mass is 283 g/mol. The highest BCUT2D eigenvalue weighted by Gasteiger charge is 2.31. The van der Waals surface area contributed by atoms with Crippen molar-refractivity contribution in [2.75, 3.05) is 19.6 Å². The minimum atomic E-state index is -1.11. The van der Waals surface area contributed by atoms with Crippen LogP contribution >= 0.6 is 0 Å². The Morgan fingerprint density at radius 1 is 1.25 bits per heavy atom. The van der Waals surface area contributed by atoms with Gasteiger partial charge in [0.2, 0.25) is 5.91 Å². The molecule has 0 radical (unpaired) electrons. The summed E-state index contributed by atoms with van der Waals surface area (Å²) >= 11 is 0. The second-order valence-electron chi connectivity index (χ2n) is 4.88. The Morgan fingerprint density at radius 2 is 1.85 bits per heavy atom. The lowest BCUT2D eigenvalue weighted by Crippen LogP contribution is -2.51. The summed E-state index contributed by atoms with van der Waals surface area (Å²) in [5.41, 5.74) is 5.19. The van der Waals surface area contributed by atoms with E-state index in [1.807, 2.05) is 0 Å². The van der Waals surface area contributed by atoms with E-state index in [4.69, 9.17) is 10.8 Å². The van der Waals surface area contributed by atoms with Crippen LogP contribution in [0, 0.1) is 0 Å². The smallest absolute Gasteiger partial charge is 0.323 e. The molecule has 7 nitrogen and oxygen atoms in total. The number of hydrogen-bond donors (Lipinski definition) is 2. The number of hydrogen-bond acceptors (Lipinski definition) is 3. The number of aliphatic carboxylic acids is 1. The largest absolute Gasteiger partial charge is 0.480 e. The summed E-state index contributed by atoms with van der Waals surface area (Å²) in [5, 5.41) is 8.85. The zero-order valence-corrected chi connectivity index (χ0v) is 11.5. The van der Waals surface area contributed by atoms with Crippen molar-refractivity contribution in [3.63, 3.8) is 0 Å². The summed E-state index contributed by atoms with van der Waals surface area (Å²) in [6.45, 7) is 3.02. The van der Waals surface area contributed by atoms with Crippen molar-refractivity contribution in [3.8, 4) is 0 Å². The van der Waals surface area contributed by atoms with Crippen molar-refractivity contribution in [2.45, 2.75) is 31.7 Å². The van der Waals surface area contributed by atoms with Crippen LogP contribution in [0.3, 0.4) is 0 Å². The van der Waals surface area contributed by atoms with Crippen molar-refractivity contribution in [1.29, 1.82) is 0 Å². The van der Waals surface area contributed by atoms with Crippen molar-refractivity contribution in [3.05, 3.63) is 12.7 Å². The molecule has 1 aliphatic carbocycles. The molecule has 3 amide bonds. The molecule has 7 heteroatoms. The predicted octanol–water partition coefficient (Wildman–Crippen LogP) is 0.409. The first-order chi connectivity index (χ1) is 9.45. The molecule has 0 aromatic carbocycles. The van der Waals surface area contributed by atoms with Crippen LogP contribution < -0.4 is 5.73 Å². The molecule has 0 aromatic rings. The Labute approximate surface area is 118 Å². The third-order valence-electron chi connectivity index (χ3n) is 3.28. The quantitative estimate of drug-likeness (QED) is 0.660. The molecular formula is C13H21N3O4. The van der Waals surface area contributed by atoms with Gasteiger partial charge in [0.25, 0.3) is 0 Å². The fraction of sp³-hybridized carbons (Fsp3) is 0.615. The van der Waals surface area contributed by atoms with E-state index in [-0.39, 0.29) is 19.1 Å². The summed E-state index contributed by atoms with van der Waals surface area (Å²) in [7, 11) is 0. The van der Waals surface area contributed by atoms with E-state index < -0.39 is 24.5 Å². The number of rotatable bonds is 7. The summed E-state index contributed by atoms with van der Waals surface area (Å²) in [6, 6.07) is -0.519. The average Bonchev–Trinajstić information content (AvgIpc) is 2.87. The molecular weight excluding hydrogens is 262 g/mol. The van der Waals surface area contributed by atoms with Gasteiger partial charge in [-0.1, -0.05) is 18.9 Å². The summed E-state index contributed by atoms with van der Waals surface area (Å²) in [5.74, 6) is -1.70. The lowest BCUT2D eigenvalue weighted by Gasteiger charge is -2.32. The summed E-state index contributed by atoms with van der Waals surface area (Å²) in [4.78, 5) is 36.9. The first-order valence-electron chi connectivity index (χ1n) is 6.62. The molecule has 0 saturated heterocycles. The van der Waals surface area contributed by atoms with Crippen molar-refractivity contribution < 1.29 is 19.5 Å². The Kier molecular flexibility index (Phi) is 6.02. The average molecular weight is 283 g/mol. The van der Waals surface area contributed by atoms with Gasteiger partial charge in [0.05, 0.1) is 0 Å². The summed E-state index contributed by atoms with van der Waals surface area (Å²) in [6.07, 6.45) is 5.07. The normalized spacial score (nSPS) is 14.8. The number of carboxylic acids is 1. The highest BCUT2D eigenvalue weighted by Crippen LogP contribution is 2.24. The number of nitrogens with two attached hydrogens (primary N) is 1. The topological polar surface area (TPSA) is 104 Å². The number of nitrogens with zero attached hydrogens (tertiary/aromatic N) is 2. The maximum Gasteiger partial charge on any atom is 0.323 e. The van der Waals surface area contributed by atoms with Crippen LogP contribution in [-0.4, -0.2) is 58.5 Å². The van der Waals surface area contributed by atoms with Gasteiger partial charge in [-0.15, -0.1) is 6.58 Å². The van der Waals surface area contributed by atoms with Crippen LogP contribution in [0.15, 0.2) is 12.7 Å². The van der Waals surface area contributed by atoms with Gasteiger partial charge >= 0.3 is 12.0 Å². The van der Waals surface area contributed by atoms with Crippen LogP contribution in [0.5, 0.6) is 0 Å². The molecule has 0 spiro atoms. The van der Waals surface area contributed by atoms with Crippen LogP contribution in [-0.2, 0) is 9.59 Å². The van der Waals surface area contributed by atoms with E-state index in [1.54, 1.807) is 0 Å². The molecule has 0 unspecified atom stereocenters. The second-order valence-corrected chi connectivity index (χ2v) is 4.88. The maximum atomic E-state index is 12.4. The number of urea groups is 1. The van der Waals surface area contributed by atoms with Crippen molar-refractivity contribution in [1.82, 2.24) is 9.80 Å². The standard InChI is InChI=1S/C13H21N3O4/c1-2-7-15(9-12(18)19)13(20)16(8-11(14)17)10-5-3-4-6-10/h2,10H,1,3-9H2,(H2,14,17)(H,18,19). The lowest BCUT2D eigenvalue weighted by atomic mass is 10.2. The first-order valence-corrected chi connectivity index (χ1v) is 6.62. The minimum Gasteiger partial charge on any atom is -0.480 e. The van der Waals surface area contributed by atoms with E-state index >= 15 is 0 Å². The van der Waals surface area contributed by atoms with Gasteiger partial charge in [-0.05, 0) is 12.8 Å². The highest BCUT2D eigenvalue weighted by molar-refractivity contribution is 5.85. The van der Waals surface area contributed by atoms with Crippen LogP contribution in [0.2, 0.25) is 0 Å². The second kappa shape index (κ2) is 7.52. The van der Waals surface area contributed by atoms with Gasteiger partial charge in [-0.3, -0.25) is 9.59 Å². The van der Waals surface area contributed by atoms with Crippen LogP contribution in [0.4, 0.5) is 4.79 Å². The molecule has 1 fully saturated rings. The van der Waals surface area contributed by atoms with Crippen LogP contribution in [0.1, 0.15) is 25.7 Å². The molecule has 1 rings (SSSR count). The lowest BCUT2D eigenvalue weighted by molar-refractivity contribution is -0.137. The van der Waals surface area contributed by atoms with E-state index in [0.29, 0.717) is 0 Å². The molecule has 112 valence electrons. The van der Waals surface area contributed by atoms with Gasteiger partial charge < -0.3 is 20.6 Å². The Morgan fingerprint density at radius 3 is 2.30 bits per heavy atom. The molecule has 3 N–H and O–H groups in total. The predicted molar refractivity (Wildman–Crippen MR) is 73.0 cm³/mol. The van der Waals surface area contributed by atoms with Gasteiger partial charge in [-0.2, -0.15) is 0 Å². The zero-order valence-electron chi connectivity index (χ0n) is 11.5. The highest BCUT2D eigenvalue weighted by atomic mass is 16.4. The molecule has 1 saturated carbocycles. The molecule has 0 atom stereocenters. The molecule has 1 aliphatic rings. The zero-order chi connectivity index (χ0) is 15.1. The van der Waals surface area contributed by atoms with Gasteiger partial charge in [0.15, 0.2) is 0 Å². The van der Waals surface area contributed by atoms with Crippen molar-refractivity contribution in [2.24, 2.45) is 5.73 Å². The van der Waals surface area contributed by atoms with E-state index in [0.717, 1.165) is 30.6 Å². The van der Waals surface area contributed by atoms with Gasteiger partial charge in [0.1, 0.15) is 13.1 Å². The number of carboxylic acid groups (broad SMARTS) is 1. The van der Waals surface area contributed by atoms with Gasteiger partial charge in [0, 0.05) is 12.6 Å². The molecule has 20 heavy (non-hydrogen) atoms. The molecule has 0 aliphatic heterocycles. The summed E-state index contributed by atoms with van der Waals surface area (Å²) < 4.78 is 0.